The summed E-state index contributed by atoms with van der Waals surface area (Å²) in [6, 6.07) is 6.81. The lowest BCUT2D eigenvalue weighted by atomic mass is 10.1. The molecule has 0 saturated heterocycles. The molecule has 0 fully saturated rings. The van der Waals surface area contributed by atoms with Crippen LogP contribution in [0.25, 0.3) is 4.96 Å². The predicted octanol–water partition coefficient (Wildman–Crippen LogP) is 4.00. The lowest BCUT2D eigenvalue weighted by molar-refractivity contribution is 0.556. The molecule has 0 saturated carbocycles. The van der Waals surface area contributed by atoms with Crippen LogP contribution in [0.15, 0.2) is 30.5 Å². The fraction of sp³-hybridized carbons (Fsp3) is 0.312. The Bertz CT molecular complexity index is 775. The minimum absolute atomic E-state index is 0.0883. The smallest absolute Gasteiger partial charge is 0.194 e. The summed E-state index contributed by atoms with van der Waals surface area (Å²) in [4.78, 5) is 6.86. The van der Waals surface area contributed by atoms with Gasteiger partial charge in [-0.05, 0) is 38.5 Å². The minimum Gasteiger partial charge on any atom is -0.305 e. The van der Waals surface area contributed by atoms with Gasteiger partial charge in [-0.15, -0.1) is 11.3 Å². The zero-order valence-electron chi connectivity index (χ0n) is 12.4. The maximum atomic E-state index is 13.3. The first-order chi connectivity index (χ1) is 10.0. The van der Waals surface area contributed by atoms with E-state index >= 15 is 0 Å². The topological polar surface area (TPSA) is 29.3 Å². The Morgan fingerprint density at radius 3 is 2.95 bits per heavy atom. The van der Waals surface area contributed by atoms with E-state index in [2.05, 4.69) is 27.8 Å². The van der Waals surface area contributed by atoms with E-state index in [1.807, 2.05) is 19.9 Å². The zero-order chi connectivity index (χ0) is 15.0. The van der Waals surface area contributed by atoms with E-state index in [1.54, 1.807) is 23.5 Å². The van der Waals surface area contributed by atoms with Gasteiger partial charge in [-0.25, -0.2) is 9.37 Å². The summed E-state index contributed by atoms with van der Waals surface area (Å²) in [5, 5.41) is 3.45. The Morgan fingerprint density at radius 1 is 1.38 bits per heavy atom. The average molecular weight is 303 g/mol. The molecular weight excluding hydrogens is 285 g/mol. The summed E-state index contributed by atoms with van der Waals surface area (Å²) < 4.78 is 15.4. The fourth-order valence-corrected chi connectivity index (χ4v) is 3.36. The van der Waals surface area contributed by atoms with Crippen molar-refractivity contribution >= 4 is 16.3 Å². The Labute approximate surface area is 127 Å². The Balaban J connectivity index is 1.78. The van der Waals surface area contributed by atoms with Crippen molar-refractivity contribution in [3.05, 3.63) is 58.1 Å². The number of nitrogens with zero attached hydrogens (tertiary/aromatic N) is 2. The van der Waals surface area contributed by atoms with Crippen molar-refractivity contribution in [3.8, 4) is 0 Å². The van der Waals surface area contributed by atoms with Crippen molar-refractivity contribution in [2.75, 3.05) is 0 Å². The fourth-order valence-electron chi connectivity index (χ4n) is 2.47. The van der Waals surface area contributed by atoms with Crippen LogP contribution in [0.2, 0.25) is 0 Å². The molecule has 5 heteroatoms. The number of aromatic nitrogens is 2. The monoisotopic (exact) mass is 303 g/mol. The lowest BCUT2D eigenvalue weighted by Gasteiger charge is -2.14. The number of hydrogen-bond donors (Lipinski definition) is 1. The van der Waals surface area contributed by atoms with Crippen LogP contribution >= 0.6 is 11.3 Å². The third kappa shape index (κ3) is 2.84. The van der Waals surface area contributed by atoms with Crippen molar-refractivity contribution in [2.45, 2.75) is 33.4 Å². The van der Waals surface area contributed by atoms with Crippen LogP contribution in [0.4, 0.5) is 4.39 Å². The first-order valence-electron chi connectivity index (χ1n) is 6.97. The van der Waals surface area contributed by atoms with Crippen molar-refractivity contribution in [1.29, 1.82) is 0 Å². The summed E-state index contributed by atoms with van der Waals surface area (Å²) >= 11 is 1.69. The second-order valence-electron chi connectivity index (χ2n) is 5.30. The molecule has 110 valence electrons. The van der Waals surface area contributed by atoms with Gasteiger partial charge in [-0.3, -0.25) is 4.40 Å². The van der Waals surface area contributed by atoms with E-state index in [0.29, 0.717) is 6.54 Å². The molecule has 0 aliphatic heterocycles. The average Bonchev–Trinajstić information content (AvgIpc) is 2.91. The first kappa shape index (κ1) is 14.2. The van der Waals surface area contributed by atoms with Crippen LogP contribution in [0.3, 0.4) is 0 Å². The normalized spacial score (nSPS) is 13.0. The molecule has 0 bridgehead atoms. The van der Waals surface area contributed by atoms with Gasteiger partial charge in [0.25, 0.3) is 0 Å². The zero-order valence-corrected chi connectivity index (χ0v) is 13.2. The number of nitrogens with one attached hydrogen (secondary N) is 1. The predicted molar refractivity (Wildman–Crippen MR) is 84.2 cm³/mol. The summed E-state index contributed by atoms with van der Waals surface area (Å²) in [6.45, 7) is 6.86. The Hall–Kier alpha value is -1.72. The lowest BCUT2D eigenvalue weighted by Crippen LogP contribution is -2.19. The van der Waals surface area contributed by atoms with Gasteiger partial charge in [0, 0.05) is 23.7 Å². The summed E-state index contributed by atoms with van der Waals surface area (Å²) in [5.41, 5.74) is 3.16. The largest absolute Gasteiger partial charge is 0.305 e. The van der Waals surface area contributed by atoms with E-state index in [-0.39, 0.29) is 11.9 Å². The number of thiazole rings is 1. The number of fused-ring (bicyclic) bond motifs is 1. The molecule has 0 aliphatic carbocycles. The molecule has 3 aromatic rings. The molecule has 1 atom stereocenters. The number of benzene rings is 1. The summed E-state index contributed by atoms with van der Waals surface area (Å²) in [7, 11) is 0. The maximum absolute atomic E-state index is 13.3. The Morgan fingerprint density at radius 2 is 2.19 bits per heavy atom. The molecule has 0 radical (unpaired) electrons. The minimum atomic E-state index is -0.197. The highest BCUT2D eigenvalue weighted by atomic mass is 32.1. The van der Waals surface area contributed by atoms with E-state index < -0.39 is 0 Å². The number of hydrogen-bond acceptors (Lipinski definition) is 3. The van der Waals surface area contributed by atoms with Crippen LogP contribution in [0.5, 0.6) is 0 Å². The van der Waals surface area contributed by atoms with E-state index in [4.69, 9.17) is 0 Å². The van der Waals surface area contributed by atoms with Gasteiger partial charge < -0.3 is 5.32 Å². The molecule has 0 spiro atoms. The summed E-state index contributed by atoms with van der Waals surface area (Å²) in [6.07, 6.45) is 2.11. The van der Waals surface area contributed by atoms with Gasteiger partial charge >= 0.3 is 0 Å². The molecule has 21 heavy (non-hydrogen) atoms. The van der Waals surface area contributed by atoms with Gasteiger partial charge in [0.2, 0.25) is 0 Å². The molecule has 2 heterocycles. The number of rotatable bonds is 4. The maximum Gasteiger partial charge on any atom is 0.194 e. The third-order valence-electron chi connectivity index (χ3n) is 3.67. The number of aryl methyl sites for hydroxylation is 2. The number of halogens is 1. The van der Waals surface area contributed by atoms with Gasteiger partial charge in [0.05, 0.1) is 11.4 Å². The Kier molecular flexibility index (Phi) is 3.78. The molecule has 3 rings (SSSR count). The van der Waals surface area contributed by atoms with E-state index in [0.717, 1.165) is 21.9 Å². The second-order valence-corrected chi connectivity index (χ2v) is 6.51. The summed E-state index contributed by atoms with van der Waals surface area (Å²) in [5.74, 6) is -0.197. The third-order valence-corrected chi connectivity index (χ3v) is 4.56. The molecule has 1 N–H and O–H groups in total. The molecule has 3 nitrogen and oxygen atoms in total. The van der Waals surface area contributed by atoms with E-state index in [1.165, 1.54) is 10.9 Å². The molecule has 0 aliphatic rings. The van der Waals surface area contributed by atoms with Crippen LogP contribution < -0.4 is 5.32 Å². The van der Waals surface area contributed by atoms with Gasteiger partial charge in [-0.1, -0.05) is 12.1 Å². The van der Waals surface area contributed by atoms with Crippen molar-refractivity contribution in [1.82, 2.24) is 14.7 Å². The van der Waals surface area contributed by atoms with Crippen molar-refractivity contribution in [3.63, 3.8) is 0 Å². The highest BCUT2D eigenvalue weighted by molar-refractivity contribution is 7.17. The van der Waals surface area contributed by atoms with Gasteiger partial charge in [-0.2, -0.15) is 0 Å². The molecule has 1 aromatic carbocycles. The quantitative estimate of drug-likeness (QED) is 0.789. The van der Waals surface area contributed by atoms with Crippen LogP contribution in [0.1, 0.15) is 34.8 Å². The van der Waals surface area contributed by atoms with Gasteiger partial charge in [0.1, 0.15) is 5.82 Å². The molecule has 0 unspecified atom stereocenters. The van der Waals surface area contributed by atoms with E-state index in [9.17, 15) is 4.39 Å². The van der Waals surface area contributed by atoms with Crippen LogP contribution in [-0.4, -0.2) is 9.38 Å². The van der Waals surface area contributed by atoms with Crippen LogP contribution in [0, 0.1) is 19.7 Å². The first-order valence-corrected chi connectivity index (χ1v) is 7.79. The van der Waals surface area contributed by atoms with Gasteiger partial charge in [0.15, 0.2) is 4.96 Å². The molecule has 2 aromatic heterocycles. The highest BCUT2D eigenvalue weighted by Crippen LogP contribution is 2.21. The molecule has 0 amide bonds. The highest BCUT2D eigenvalue weighted by Gasteiger charge is 2.12. The van der Waals surface area contributed by atoms with Crippen molar-refractivity contribution in [2.24, 2.45) is 0 Å². The molecular formula is C16H18FN3S. The van der Waals surface area contributed by atoms with Crippen molar-refractivity contribution < 1.29 is 4.39 Å². The standard InChI is InChI=1S/C16H18FN3S/c1-10-9-20-15(12(3)19-16(20)21-10)8-18-11(2)13-5-4-6-14(17)7-13/h4-7,9,11,18H,8H2,1-3H3/t11-/m0/s1. The van der Waals surface area contributed by atoms with Crippen LogP contribution in [-0.2, 0) is 6.54 Å². The SMILES string of the molecule is Cc1cn2c(CN[C@@H](C)c3cccc(F)c3)c(C)nc2s1. The second kappa shape index (κ2) is 5.58. The number of imidazole rings is 1.